The Morgan fingerprint density at radius 3 is 2.37 bits per heavy atom. The van der Waals surface area contributed by atoms with Gasteiger partial charge in [0.15, 0.2) is 5.96 Å². The topological polar surface area (TPSA) is 39.7 Å². The molecule has 1 aliphatic heterocycles. The molecular weight excluding hydrogens is 332 g/mol. The summed E-state index contributed by atoms with van der Waals surface area (Å²) >= 11 is 0. The van der Waals surface area contributed by atoms with Gasteiger partial charge in [-0.3, -0.25) is 4.99 Å². The van der Waals surface area contributed by atoms with Gasteiger partial charge < -0.3 is 15.5 Å². The first kappa shape index (κ1) is 19.0. The zero-order chi connectivity index (χ0) is 18.9. The van der Waals surface area contributed by atoms with E-state index in [-0.39, 0.29) is 0 Å². The van der Waals surface area contributed by atoms with Crippen molar-refractivity contribution >= 4 is 11.6 Å². The van der Waals surface area contributed by atoms with Crippen molar-refractivity contribution < 1.29 is 0 Å². The highest BCUT2D eigenvalue weighted by atomic mass is 15.2. The third-order valence-corrected chi connectivity index (χ3v) is 4.90. The van der Waals surface area contributed by atoms with Crippen LogP contribution in [0, 0.1) is 0 Å². The van der Waals surface area contributed by atoms with Crippen LogP contribution in [0.5, 0.6) is 0 Å². The lowest BCUT2D eigenvalue weighted by Gasteiger charge is -2.19. The highest BCUT2D eigenvalue weighted by molar-refractivity contribution is 5.79. The van der Waals surface area contributed by atoms with Gasteiger partial charge in [0, 0.05) is 38.4 Å². The Morgan fingerprint density at radius 1 is 1.00 bits per heavy atom. The normalized spacial score (nSPS) is 15.0. The molecular formula is C23H30N4. The van der Waals surface area contributed by atoms with E-state index in [0.29, 0.717) is 6.04 Å². The van der Waals surface area contributed by atoms with Crippen LogP contribution >= 0.6 is 0 Å². The fraction of sp³-hybridized carbons (Fsp3) is 0.348. The van der Waals surface area contributed by atoms with Gasteiger partial charge in [0.05, 0.1) is 0 Å². The number of aliphatic imine (C=N–C) groups is 1. The van der Waals surface area contributed by atoms with E-state index in [4.69, 9.17) is 0 Å². The number of rotatable bonds is 7. The molecule has 0 radical (unpaired) electrons. The maximum Gasteiger partial charge on any atom is 0.191 e. The molecule has 0 amide bonds. The summed E-state index contributed by atoms with van der Waals surface area (Å²) < 4.78 is 0. The highest BCUT2D eigenvalue weighted by Gasteiger charge is 2.08. The maximum atomic E-state index is 4.36. The van der Waals surface area contributed by atoms with E-state index in [0.717, 1.165) is 38.4 Å². The first-order valence-electron chi connectivity index (χ1n) is 9.74. The van der Waals surface area contributed by atoms with Gasteiger partial charge in [-0.05, 0) is 43.0 Å². The molecule has 0 aliphatic carbocycles. The van der Waals surface area contributed by atoms with Crippen molar-refractivity contribution in [2.45, 2.75) is 32.4 Å². The molecule has 2 aromatic rings. The van der Waals surface area contributed by atoms with E-state index in [2.05, 4.69) is 94.2 Å². The number of benzene rings is 2. The SMILES string of the molecule is CN=C(NCc1ccc(N2CC=CC2)cc1)NC(C)CCc1ccccc1. The molecule has 1 aliphatic rings. The fourth-order valence-corrected chi connectivity index (χ4v) is 3.23. The monoisotopic (exact) mass is 362 g/mol. The van der Waals surface area contributed by atoms with Gasteiger partial charge in [-0.15, -0.1) is 0 Å². The summed E-state index contributed by atoms with van der Waals surface area (Å²) in [7, 11) is 1.82. The summed E-state index contributed by atoms with van der Waals surface area (Å²) in [6, 6.07) is 19.7. The summed E-state index contributed by atoms with van der Waals surface area (Å²) in [4.78, 5) is 6.71. The van der Waals surface area contributed by atoms with Crippen molar-refractivity contribution in [1.82, 2.24) is 10.6 Å². The third kappa shape index (κ3) is 5.88. The molecule has 3 rings (SSSR count). The second-order valence-corrected chi connectivity index (χ2v) is 7.04. The molecule has 27 heavy (non-hydrogen) atoms. The lowest BCUT2D eigenvalue weighted by molar-refractivity contribution is 0.593. The molecule has 1 unspecified atom stereocenters. The standard InChI is InChI=1S/C23H30N4/c1-19(10-11-20-8-4-3-5-9-20)26-23(24-2)25-18-21-12-14-22(15-13-21)27-16-6-7-17-27/h3-9,12-15,19H,10-11,16-18H2,1-2H3,(H2,24,25,26). The third-order valence-electron chi connectivity index (χ3n) is 4.90. The lowest BCUT2D eigenvalue weighted by atomic mass is 10.1. The number of guanidine groups is 1. The van der Waals surface area contributed by atoms with Gasteiger partial charge in [0.2, 0.25) is 0 Å². The number of hydrogen-bond acceptors (Lipinski definition) is 2. The van der Waals surface area contributed by atoms with Crippen LogP contribution in [0.1, 0.15) is 24.5 Å². The zero-order valence-corrected chi connectivity index (χ0v) is 16.4. The molecule has 4 nitrogen and oxygen atoms in total. The molecule has 0 bridgehead atoms. The van der Waals surface area contributed by atoms with Gasteiger partial charge in [-0.1, -0.05) is 54.6 Å². The van der Waals surface area contributed by atoms with Crippen molar-refractivity contribution in [1.29, 1.82) is 0 Å². The van der Waals surface area contributed by atoms with Crippen LogP contribution in [0.4, 0.5) is 5.69 Å². The molecule has 4 heteroatoms. The molecule has 0 spiro atoms. The maximum absolute atomic E-state index is 4.36. The molecule has 2 aromatic carbocycles. The van der Waals surface area contributed by atoms with E-state index in [9.17, 15) is 0 Å². The van der Waals surface area contributed by atoms with Crippen molar-refractivity contribution in [2.75, 3.05) is 25.0 Å². The molecule has 0 saturated carbocycles. The first-order valence-corrected chi connectivity index (χ1v) is 9.74. The summed E-state index contributed by atoms with van der Waals surface area (Å²) in [5.74, 6) is 0.850. The number of aryl methyl sites for hydroxylation is 1. The fourth-order valence-electron chi connectivity index (χ4n) is 3.23. The summed E-state index contributed by atoms with van der Waals surface area (Å²) in [6.45, 7) is 4.99. The van der Waals surface area contributed by atoms with Gasteiger partial charge in [0.1, 0.15) is 0 Å². The molecule has 0 saturated heterocycles. The Hall–Kier alpha value is -2.75. The Labute approximate surface area is 163 Å². The van der Waals surface area contributed by atoms with Crippen molar-refractivity contribution in [3.05, 3.63) is 77.9 Å². The Balaban J connectivity index is 1.43. The van der Waals surface area contributed by atoms with Crippen LogP contribution in [-0.4, -0.2) is 32.1 Å². The largest absolute Gasteiger partial charge is 0.364 e. The number of nitrogens with one attached hydrogen (secondary N) is 2. The van der Waals surface area contributed by atoms with E-state index in [1.165, 1.54) is 16.8 Å². The Bertz CT molecular complexity index is 742. The number of hydrogen-bond donors (Lipinski definition) is 2. The van der Waals surface area contributed by atoms with Crippen molar-refractivity contribution in [3.63, 3.8) is 0 Å². The summed E-state index contributed by atoms with van der Waals surface area (Å²) in [6.07, 6.45) is 6.57. The van der Waals surface area contributed by atoms with Gasteiger partial charge >= 0.3 is 0 Å². The predicted octanol–water partition coefficient (Wildman–Crippen LogP) is 3.75. The summed E-state index contributed by atoms with van der Waals surface area (Å²) in [5.41, 5.74) is 3.91. The van der Waals surface area contributed by atoms with Gasteiger partial charge in [-0.25, -0.2) is 0 Å². The Kier molecular flexibility index (Phi) is 6.91. The number of nitrogens with zero attached hydrogens (tertiary/aromatic N) is 2. The molecule has 2 N–H and O–H groups in total. The van der Waals surface area contributed by atoms with Crippen molar-refractivity contribution in [2.24, 2.45) is 4.99 Å². The predicted molar refractivity (Wildman–Crippen MR) is 115 cm³/mol. The lowest BCUT2D eigenvalue weighted by Crippen LogP contribution is -2.42. The first-order chi connectivity index (χ1) is 13.2. The average molecular weight is 363 g/mol. The number of anilines is 1. The average Bonchev–Trinajstić information content (AvgIpc) is 3.25. The molecule has 142 valence electrons. The van der Waals surface area contributed by atoms with E-state index >= 15 is 0 Å². The van der Waals surface area contributed by atoms with Crippen LogP contribution in [0.15, 0.2) is 71.7 Å². The minimum Gasteiger partial charge on any atom is -0.364 e. The minimum absolute atomic E-state index is 0.362. The second-order valence-electron chi connectivity index (χ2n) is 7.04. The van der Waals surface area contributed by atoms with Crippen LogP contribution in [0.3, 0.4) is 0 Å². The molecule has 0 aromatic heterocycles. The Morgan fingerprint density at radius 2 is 1.70 bits per heavy atom. The van der Waals surface area contributed by atoms with Gasteiger partial charge in [0.25, 0.3) is 0 Å². The molecule has 1 atom stereocenters. The van der Waals surface area contributed by atoms with Crippen LogP contribution in [0.2, 0.25) is 0 Å². The van der Waals surface area contributed by atoms with E-state index in [1.807, 2.05) is 7.05 Å². The quantitative estimate of drug-likeness (QED) is 0.448. The van der Waals surface area contributed by atoms with E-state index in [1.54, 1.807) is 0 Å². The molecule has 0 fully saturated rings. The highest BCUT2D eigenvalue weighted by Crippen LogP contribution is 2.17. The van der Waals surface area contributed by atoms with Gasteiger partial charge in [-0.2, -0.15) is 0 Å². The zero-order valence-electron chi connectivity index (χ0n) is 16.4. The van der Waals surface area contributed by atoms with Crippen molar-refractivity contribution in [3.8, 4) is 0 Å². The van der Waals surface area contributed by atoms with Crippen LogP contribution < -0.4 is 15.5 Å². The van der Waals surface area contributed by atoms with E-state index < -0.39 is 0 Å². The van der Waals surface area contributed by atoms with Crippen LogP contribution in [-0.2, 0) is 13.0 Å². The smallest absolute Gasteiger partial charge is 0.191 e. The second kappa shape index (κ2) is 9.81. The van der Waals surface area contributed by atoms with Crippen LogP contribution in [0.25, 0.3) is 0 Å². The minimum atomic E-state index is 0.362. The molecule has 1 heterocycles. The summed E-state index contributed by atoms with van der Waals surface area (Å²) in [5, 5.41) is 6.90.